The third-order valence-electron chi connectivity index (χ3n) is 2.94. The molecule has 4 heteroatoms. The lowest BCUT2D eigenvalue weighted by Gasteiger charge is -2.07. The van der Waals surface area contributed by atoms with Gasteiger partial charge in [0.15, 0.2) is 14.7 Å². The van der Waals surface area contributed by atoms with Gasteiger partial charge in [-0.1, -0.05) is 54.6 Å². The summed E-state index contributed by atoms with van der Waals surface area (Å²) in [7, 11) is 0.624. The molecule has 25 heavy (non-hydrogen) atoms. The highest BCUT2D eigenvalue weighted by Crippen LogP contribution is 2.30. The first-order valence-electron chi connectivity index (χ1n) is 7.57. The van der Waals surface area contributed by atoms with Gasteiger partial charge in [-0.3, -0.25) is 0 Å². The highest BCUT2D eigenvalue weighted by atomic mass is 32.2. The van der Waals surface area contributed by atoms with E-state index in [1.807, 2.05) is 0 Å². The third kappa shape index (κ3) is 7.80. The second-order valence-corrected chi connectivity index (χ2v) is 9.95. The number of hydrogen-bond acceptors (Lipinski definition) is 2. The lowest BCUT2D eigenvalue weighted by atomic mass is 10.4. The first-order valence-corrected chi connectivity index (χ1v) is 11.2. The summed E-state index contributed by atoms with van der Waals surface area (Å²) in [6, 6.07) is 32.2. The lowest BCUT2D eigenvalue weighted by Crippen LogP contribution is -2.04. The van der Waals surface area contributed by atoms with Gasteiger partial charge in [0.25, 0.3) is 0 Å². The minimum Gasteiger partial charge on any atom is -0.870 e. The fourth-order valence-electron chi connectivity index (χ4n) is 2.08. The van der Waals surface area contributed by atoms with Gasteiger partial charge in [0, 0.05) is 0 Å². The third-order valence-corrected chi connectivity index (χ3v) is 5.17. The van der Waals surface area contributed by atoms with Gasteiger partial charge in [-0.05, 0) is 47.3 Å². The summed E-state index contributed by atoms with van der Waals surface area (Å²) >= 11 is 0. The zero-order chi connectivity index (χ0) is 16.5. The molecule has 0 fully saturated rings. The van der Waals surface area contributed by atoms with Crippen LogP contribution in [0.2, 0.25) is 0 Å². The van der Waals surface area contributed by atoms with Crippen LogP contribution in [0.15, 0.2) is 106 Å². The van der Waals surface area contributed by atoms with Crippen molar-refractivity contribution in [1.82, 2.24) is 0 Å². The molecule has 134 valence electrons. The molecule has 0 spiro atoms. The molecule has 0 aromatic heterocycles. The molecule has 0 heterocycles. The van der Waals surface area contributed by atoms with E-state index in [2.05, 4.69) is 110 Å². The molecule has 0 saturated carbocycles. The van der Waals surface area contributed by atoms with Gasteiger partial charge in [-0.15, -0.1) is 0 Å². The van der Waals surface area contributed by atoms with Crippen molar-refractivity contribution in [3.05, 3.63) is 91.0 Å². The van der Waals surface area contributed by atoms with Gasteiger partial charge in [-0.2, -0.15) is 0 Å². The van der Waals surface area contributed by atoms with Gasteiger partial charge < -0.3 is 11.0 Å². The van der Waals surface area contributed by atoms with E-state index in [4.69, 9.17) is 0 Å². The van der Waals surface area contributed by atoms with E-state index >= 15 is 0 Å². The SMILES string of the molecule is C[S+](C)C.[OH-].[OH-].c1ccc([S+](c2ccccc2)c2ccccc2)cc1. The van der Waals surface area contributed by atoms with Crippen LogP contribution >= 0.6 is 0 Å². The standard InChI is InChI=1S/C18H15S.C3H9S.2H2O/c1-4-10-16(11-5-1)19(17-12-6-2-7-13-17)18-14-8-3-9-15-18;1-4(2)3;;/h1-15H;1-3H3;2*1H2/q2*+1;;/p-2. The number of hydrogen-bond donors (Lipinski definition) is 0. The van der Waals surface area contributed by atoms with Crippen LogP contribution in [0.3, 0.4) is 0 Å². The van der Waals surface area contributed by atoms with Crippen molar-refractivity contribution in [2.45, 2.75) is 14.7 Å². The van der Waals surface area contributed by atoms with Crippen LogP contribution < -0.4 is 0 Å². The molecule has 3 rings (SSSR count). The molecule has 3 aromatic carbocycles. The molecule has 0 unspecified atom stereocenters. The Balaban J connectivity index is 0.000000874. The van der Waals surface area contributed by atoms with Gasteiger partial charge >= 0.3 is 0 Å². The van der Waals surface area contributed by atoms with E-state index in [1.54, 1.807) is 0 Å². The molecule has 2 nitrogen and oxygen atoms in total. The van der Waals surface area contributed by atoms with Crippen LogP contribution in [-0.4, -0.2) is 29.7 Å². The largest absolute Gasteiger partial charge is 0.870 e. The molecule has 0 aliphatic rings. The van der Waals surface area contributed by atoms with Crippen LogP contribution in [0.5, 0.6) is 0 Å². The first-order chi connectivity index (χ1) is 11.2. The van der Waals surface area contributed by atoms with Crippen molar-refractivity contribution < 1.29 is 11.0 Å². The maximum atomic E-state index is 2.21. The molecule has 3 aromatic rings. The van der Waals surface area contributed by atoms with Gasteiger partial charge in [0.2, 0.25) is 0 Å². The van der Waals surface area contributed by atoms with Gasteiger partial charge in [0.1, 0.15) is 0 Å². The summed E-state index contributed by atoms with van der Waals surface area (Å²) in [5.74, 6) is 0. The molecule has 0 atom stereocenters. The Morgan fingerprint density at radius 3 is 0.840 bits per heavy atom. The Morgan fingerprint density at radius 1 is 0.440 bits per heavy atom. The van der Waals surface area contributed by atoms with E-state index in [0.717, 1.165) is 0 Å². The normalized spacial score (nSPS) is 9.48. The van der Waals surface area contributed by atoms with Crippen molar-refractivity contribution >= 4 is 21.8 Å². The smallest absolute Gasteiger partial charge is 0.166 e. The maximum Gasteiger partial charge on any atom is 0.166 e. The Morgan fingerprint density at radius 2 is 0.640 bits per heavy atom. The summed E-state index contributed by atoms with van der Waals surface area (Å²) in [6.45, 7) is 0. The maximum absolute atomic E-state index is 2.21. The lowest BCUT2D eigenvalue weighted by molar-refractivity contribution is 0.823. The summed E-state index contributed by atoms with van der Waals surface area (Å²) in [6.07, 6.45) is 6.58. The molecule has 0 radical (unpaired) electrons. The quantitative estimate of drug-likeness (QED) is 0.611. The van der Waals surface area contributed by atoms with Crippen molar-refractivity contribution in [1.29, 1.82) is 0 Å². The highest BCUT2D eigenvalue weighted by molar-refractivity contribution is 7.97. The highest BCUT2D eigenvalue weighted by Gasteiger charge is 2.27. The number of rotatable bonds is 3. The van der Waals surface area contributed by atoms with Crippen molar-refractivity contribution in [3.8, 4) is 0 Å². The second-order valence-electron chi connectivity index (χ2n) is 5.47. The topological polar surface area (TPSA) is 60.0 Å². The van der Waals surface area contributed by atoms with Crippen molar-refractivity contribution in [3.63, 3.8) is 0 Å². The Kier molecular flexibility index (Phi) is 11.7. The van der Waals surface area contributed by atoms with Crippen molar-refractivity contribution in [2.75, 3.05) is 18.8 Å². The predicted octanol–water partition coefficient (Wildman–Crippen LogP) is 4.92. The summed E-state index contributed by atoms with van der Waals surface area (Å²) < 4.78 is 0. The van der Waals surface area contributed by atoms with E-state index < -0.39 is 0 Å². The summed E-state index contributed by atoms with van der Waals surface area (Å²) in [5.41, 5.74) is 0. The second kappa shape index (κ2) is 12.6. The first kappa shape index (κ1) is 23.3. The molecule has 0 saturated heterocycles. The van der Waals surface area contributed by atoms with Crippen LogP contribution in [0.25, 0.3) is 0 Å². The Labute approximate surface area is 157 Å². The summed E-state index contributed by atoms with van der Waals surface area (Å²) in [5, 5.41) is 0. The zero-order valence-corrected chi connectivity index (χ0v) is 16.5. The molecular weight excluding hydrogens is 348 g/mol. The van der Waals surface area contributed by atoms with Gasteiger partial charge in [0.05, 0.1) is 29.7 Å². The summed E-state index contributed by atoms with van der Waals surface area (Å²) in [4.78, 5) is 4.08. The molecule has 2 N–H and O–H groups in total. The van der Waals surface area contributed by atoms with Crippen LogP contribution in [-0.2, 0) is 21.8 Å². The Hall–Kier alpha value is -1.72. The van der Waals surface area contributed by atoms with E-state index in [9.17, 15) is 0 Å². The molecule has 0 bridgehead atoms. The van der Waals surface area contributed by atoms with E-state index in [0.29, 0.717) is 10.9 Å². The molecule has 0 aliphatic carbocycles. The van der Waals surface area contributed by atoms with E-state index in [1.165, 1.54) is 14.7 Å². The fourth-order valence-corrected chi connectivity index (χ4v) is 4.18. The minimum absolute atomic E-state index is 0. The van der Waals surface area contributed by atoms with Crippen molar-refractivity contribution in [2.24, 2.45) is 0 Å². The molecule has 0 aliphatic heterocycles. The van der Waals surface area contributed by atoms with Crippen LogP contribution in [0.1, 0.15) is 0 Å². The average Bonchev–Trinajstić information content (AvgIpc) is 2.58. The molecule has 0 amide bonds. The van der Waals surface area contributed by atoms with Crippen LogP contribution in [0.4, 0.5) is 0 Å². The fraction of sp³-hybridized carbons (Fsp3) is 0.143. The predicted molar refractivity (Wildman–Crippen MR) is 110 cm³/mol. The zero-order valence-electron chi connectivity index (χ0n) is 14.9. The minimum atomic E-state index is -0.0146. The average molecular weight is 375 g/mol. The monoisotopic (exact) mass is 374 g/mol. The van der Waals surface area contributed by atoms with Gasteiger partial charge in [-0.25, -0.2) is 0 Å². The van der Waals surface area contributed by atoms with E-state index in [-0.39, 0.29) is 21.8 Å². The number of benzene rings is 3. The molecular formula is C21H26O2S2. The Bertz CT molecular complexity index is 577. The van der Waals surface area contributed by atoms with Crippen LogP contribution in [0, 0.1) is 0 Å².